The fourth-order valence-corrected chi connectivity index (χ4v) is 1.96. The summed E-state index contributed by atoms with van der Waals surface area (Å²) in [6.07, 6.45) is 4.38. The highest BCUT2D eigenvalue weighted by Crippen LogP contribution is 2.22. The molecule has 1 atom stereocenters. The van der Waals surface area contributed by atoms with Crippen molar-refractivity contribution in [2.24, 2.45) is 0 Å². The lowest BCUT2D eigenvalue weighted by molar-refractivity contribution is -0.148. The van der Waals surface area contributed by atoms with Crippen LogP contribution in [0.15, 0.2) is 41.2 Å². The summed E-state index contributed by atoms with van der Waals surface area (Å²) in [5, 5.41) is 2.98. The van der Waals surface area contributed by atoms with E-state index in [1.54, 1.807) is 12.1 Å². The second-order valence-electron chi connectivity index (χ2n) is 4.40. The molecule has 1 N–H and O–H groups in total. The van der Waals surface area contributed by atoms with E-state index in [0.29, 0.717) is 10.8 Å². The van der Waals surface area contributed by atoms with Gasteiger partial charge in [0, 0.05) is 12.3 Å². The maximum Gasteiger partial charge on any atom is 0.331 e. The minimum Gasteiger partial charge on any atom is -0.465 e. The van der Waals surface area contributed by atoms with Gasteiger partial charge in [0.2, 0.25) is 0 Å². The summed E-state index contributed by atoms with van der Waals surface area (Å²) >= 11 is 11.6. The smallest absolute Gasteiger partial charge is 0.331 e. The maximum absolute atomic E-state index is 12.0. The minimum atomic E-state index is -1.03. The van der Waals surface area contributed by atoms with E-state index in [4.69, 9.17) is 32.4 Å². The number of hydrogen-bond acceptors (Lipinski definition) is 5. The number of carbonyl (C=O) groups excluding carboxylic acids is 2. The van der Waals surface area contributed by atoms with E-state index >= 15 is 0 Å². The van der Waals surface area contributed by atoms with Crippen molar-refractivity contribution < 1.29 is 18.7 Å². The van der Waals surface area contributed by atoms with Gasteiger partial charge in [0.15, 0.2) is 11.9 Å². The number of anilines is 1. The summed E-state index contributed by atoms with van der Waals surface area (Å²) < 4.78 is 10.0. The zero-order valence-electron chi connectivity index (χ0n) is 12.0. The molecule has 2 rings (SSSR count). The van der Waals surface area contributed by atoms with Crippen molar-refractivity contribution in [1.29, 1.82) is 0 Å². The summed E-state index contributed by atoms with van der Waals surface area (Å²) in [4.78, 5) is 27.5. The Labute approximate surface area is 142 Å². The lowest BCUT2D eigenvalue weighted by atomic mass is 10.3. The molecular formula is C15H12Cl2N2O4. The summed E-state index contributed by atoms with van der Waals surface area (Å²) in [5.41, 5.74) is 0. The lowest BCUT2D eigenvalue weighted by Gasteiger charge is -2.12. The normalized spacial score (nSPS) is 12.1. The predicted molar refractivity (Wildman–Crippen MR) is 86.2 cm³/mol. The van der Waals surface area contributed by atoms with Gasteiger partial charge in [-0.05, 0) is 31.2 Å². The van der Waals surface area contributed by atoms with Crippen molar-refractivity contribution in [3.63, 3.8) is 0 Å². The van der Waals surface area contributed by atoms with Crippen LogP contribution in [0.4, 0.5) is 5.82 Å². The largest absolute Gasteiger partial charge is 0.465 e. The van der Waals surface area contributed by atoms with E-state index in [2.05, 4.69) is 10.3 Å². The van der Waals surface area contributed by atoms with Crippen LogP contribution < -0.4 is 5.32 Å². The van der Waals surface area contributed by atoms with Gasteiger partial charge in [0.1, 0.15) is 5.76 Å². The monoisotopic (exact) mass is 354 g/mol. The summed E-state index contributed by atoms with van der Waals surface area (Å²) in [6, 6.07) is 4.80. The van der Waals surface area contributed by atoms with Crippen LogP contribution in [-0.2, 0) is 14.3 Å². The van der Waals surface area contributed by atoms with Crippen LogP contribution in [0, 0.1) is 0 Å². The van der Waals surface area contributed by atoms with E-state index in [1.165, 1.54) is 31.5 Å². The summed E-state index contributed by atoms with van der Waals surface area (Å²) in [6.45, 7) is 1.43. The van der Waals surface area contributed by atoms with E-state index in [-0.39, 0.29) is 10.8 Å². The number of rotatable bonds is 5. The number of nitrogens with zero attached hydrogens (tertiary/aromatic N) is 1. The van der Waals surface area contributed by atoms with E-state index in [0.717, 1.165) is 6.08 Å². The molecule has 0 spiro atoms. The lowest BCUT2D eigenvalue weighted by Crippen LogP contribution is -2.29. The zero-order valence-corrected chi connectivity index (χ0v) is 13.5. The van der Waals surface area contributed by atoms with E-state index in [1.807, 2.05) is 0 Å². The van der Waals surface area contributed by atoms with Crippen LogP contribution in [0.25, 0.3) is 6.08 Å². The number of ether oxygens (including phenoxy) is 1. The van der Waals surface area contributed by atoms with Crippen LogP contribution in [0.5, 0.6) is 0 Å². The van der Waals surface area contributed by atoms with E-state index in [9.17, 15) is 9.59 Å². The molecule has 0 saturated heterocycles. The first-order chi connectivity index (χ1) is 11.0. The number of hydrogen-bond donors (Lipinski definition) is 1. The number of furan rings is 1. The second kappa shape index (κ2) is 7.80. The highest BCUT2D eigenvalue weighted by molar-refractivity contribution is 6.36. The van der Waals surface area contributed by atoms with Gasteiger partial charge < -0.3 is 14.5 Å². The Morgan fingerprint density at radius 1 is 1.43 bits per heavy atom. The van der Waals surface area contributed by atoms with Crippen molar-refractivity contribution >= 4 is 47.0 Å². The first kappa shape index (κ1) is 17.1. The molecule has 8 heteroatoms. The second-order valence-corrected chi connectivity index (χ2v) is 5.24. The Bertz CT molecular complexity index is 729. The average Bonchev–Trinajstić information content (AvgIpc) is 3.01. The SMILES string of the molecule is C[C@@H](OC(=O)/C=C/c1ccco1)C(=O)Nc1ncc(Cl)cc1Cl. The molecule has 6 nitrogen and oxygen atoms in total. The van der Waals surface area contributed by atoms with Gasteiger partial charge >= 0.3 is 5.97 Å². The highest BCUT2D eigenvalue weighted by atomic mass is 35.5. The molecule has 0 aliphatic heterocycles. The molecule has 23 heavy (non-hydrogen) atoms. The van der Waals surface area contributed by atoms with Gasteiger partial charge in [-0.2, -0.15) is 0 Å². The molecule has 2 heterocycles. The third kappa shape index (κ3) is 5.12. The number of halogens is 2. The zero-order chi connectivity index (χ0) is 16.8. The average molecular weight is 355 g/mol. The molecule has 0 saturated carbocycles. The molecule has 0 aromatic carbocycles. The fourth-order valence-electron chi connectivity index (χ4n) is 1.53. The number of esters is 1. The van der Waals surface area contributed by atoms with Crippen LogP contribution in [0.2, 0.25) is 10.0 Å². The molecule has 120 valence electrons. The van der Waals surface area contributed by atoms with Crippen LogP contribution in [0.3, 0.4) is 0 Å². The molecule has 0 radical (unpaired) electrons. The van der Waals surface area contributed by atoms with Gasteiger partial charge in [-0.1, -0.05) is 23.2 Å². The minimum absolute atomic E-state index is 0.134. The molecule has 2 aromatic heterocycles. The molecule has 0 unspecified atom stereocenters. The van der Waals surface area contributed by atoms with Gasteiger partial charge in [0.25, 0.3) is 5.91 Å². The number of aromatic nitrogens is 1. The quantitative estimate of drug-likeness (QED) is 0.655. The first-order valence-corrected chi connectivity index (χ1v) is 7.25. The van der Waals surface area contributed by atoms with Crippen molar-refractivity contribution in [2.45, 2.75) is 13.0 Å². The van der Waals surface area contributed by atoms with Crippen molar-refractivity contribution in [1.82, 2.24) is 4.98 Å². The first-order valence-electron chi connectivity index (χ1n) is 6.50. The Hall–Kier alpha value is -2.31. The van der Waals surface area contributed by atoms with Crippen molar-refractivity contribution in [3.05, 3.63) is 52.5 Å². The molecule has 2 aromatic rings. The third-order valence-electron chi connectivity index (χ3n) is 2.64. The van der Waals surface area contributed by atoms with Crippen molar-refractivity contribution in [3.8, 4) is 0 Å². The Morgan fingerprint density at radius 3 is 2.87 bits per heavy atom. The predicted octanol–water partition coefficient (Wildman–Crippen LogP) is 3.57. The Kier molecular flexibility index (Phi) is 5.78. The van der Waals surface area contributed by atoms with Gasteiger partial charge in [-0.3, -0.25) is 4.79 Å². The highest BCUT2D eigenvalue weighted by Gasteiger charge is 2.18. The maximum atomic E-state index is 12.0. The summed E-state index contributed by atoms with van der Waals surface area (Å²) in [5.74, 6) is -0.619. The van der Waals surface area contributed by atoms with Crippen LogP contribution in [-0.4, -0.2) is 23.0 Å². The van der Waals surface area contributed by atoms with Crippen LogP contribution in [0.1, 0.15) is 12.7 Å². The van der Waals surface area contributed by atoms with Crippen LogP contribution >= 0.6 is 23.2 Å². The molecule has 1 amide bonds. The topological polar surface area (TPSA) is 81.4 Å². The Morgan fingerprint density at radius 2 is 2.22 bits per heavy atom. The summed E-state index contributed by atoms with van der Waals surface area (Å²) in [7, 11) is 0. The molecular weight excluding hydrogens is 343 g/mol. The molecule has 0 aliphatic rings. The van der Waals surface area contributed by atoms with Crippen molar-refractivity contribution in [2.75, 3.05) is 5.32 Å². The molecule has 0 fully saturated rings. The van der Waals surface area contributed by atoms with Gasteiger partial charge in [0.05, 0.1) is 16.3 Å². The number of amides is 1. The fraction of sp³-hybridized carbons (Fsp3) is 0.133. The van der Waals surface area contributed by atoms with Gasteiger partial charge in [-0.25, -0.2) is 9.78 Å². The standard InChI is InChI=1S/C15H12Cl2N2O4/c1-9(23-13(20)5-4-11-3-2-6-22-11)15(21)19-14-12(17)7-10(16)8-18-14/h2-9H,1H3,(H,18,19,21)/b5-4+/t9-/m1/s1. The molecule has 0 bridgehead atoms. The third-order valence-corrected chi connectivity index (χ3v) is 3.13. The molecule has 0 aliphatic carbocycles. The number of nitrogens with one attached hydrogen (secondary N) is 1. The van der Waals surface area contributed by atoms with E-state index < -0.39 is 18.0 Å². The number of carbonyl (C=O) groups is 2. The van der Waals surface area contributed by atoms with Gasteiger partial charge in [-0.15, -0.1) is 0 Å². The number of pyridine rings is 1. The Balaban J connectivity index is 1.90.